The molecule has 2 nitrogen and oxygen atoms in total. The minimum absolute atomic E-state index is 0.457. The Labute approximate surface area is 127 Å². The van der Waals surface area contributed by atoms with E-state index in [1.807, 2.05) is 12.1 Å². The van der Waals surface area contributed by atoms with Crippen molar-refractivity contribution in [2.75, 3.05) is 13.7 Å². The topological polar surface area (TPSA) is 35.2 Å². The number of hydrogen-bond acceptors (Lipinski definition) is 2. The van der Waals surface area contributed by atoms with Gasteiger partial charge in [0.25, 0.3) is 0 Å². The van der Waals surface area contributed by atoms with Crippen LogP contribution in [0, 0.1) is 19.8 Å². The molecule has 0 aliphatic rings. The number of aryl methyl sites for hydroxylation is 2. The monoisotopic (exact) mass is 283 g/mol. The second-order valence-corrected chi connectivity index (χ2v) is 5.86. The molecule has 2 aromatic carbocycles. The molecule has 1 unspecified atom stereocenters. The van der Waals surface area contributed by atoms with Crippen LogP contribution in [0.1, 0.15) is 22.3 Å². The van der Waals surface area contributed by atoms with Gasteiger partial charge in [-0.2, -0.15) is 0 Å². The van der Waals surface area contributed by atoms with Crippen LogP contribution in [0.3, 0.4) is 0 Å². The van der Waals surface area contributed by atoms with Crippen molar-refractivity contribution in [2.45, 2.75) is 26.7 Å². The van der Waals surface area contributed by atoms with Crippen LogP contribution in [0.25, 0.3) is 0 Å². The van der Waals surface area contributed by atoms with Crippen LogP contribution in [-0.2, 0) is 12.8 Å². The lowest BCUT2D eigenvalue weighted by atomic mass is 9.91. The molecule has 2 heteroatoms. The molecule has 2 rings (SSSR count). The third-order valence-corrected chi connectivity index (χ3v) is 3.80. The first-order valence-electron chi connectivity index (χ1n) is 7.51. The molecule has 0 amide bonds. The molecule has 0 saturated heterocycles. The lowest BCUT2D eigenvalue weighted by molar-refractivity contribution is 0.413. The summed E-state index contributed by atoms with van der Waals surface area (Å²) in [7, 11) is 1.70. The minimum atomic E-state index is 0.457. The zero-order valence-electron chi connectivity index (χ0n) is 13.2. The SMILES string of the molecule is COc1cccc(CC(CN)Cc2cc(C)cc(C)c2)c1. The predicted octanol–water partition coefficient (Wildman–Crippen LogP) is 3.67. The number of nitrogens with two attached hydrogens (primary N) is 1. The van der Waals surface area contributed by atoms with Crippen molar-refractivity contribution in [1.29, 1.82) is 0 Å². The summed E-state index contributed by atoms with van der Waals surface area (Å²) in [5.41, 5.74) is 11.3. The fraction of sp³-hybridized carbons (Fsp3) is 0.368. The lowest BCUT2D eigenvalue weighted by Gasteiger charge is -2.16. The van der Waals surface area contributed by atoms with Crippen LogP contribution in [-0.4, -0.2) is 13.7 Å². The molecule has 0 radical (unpaired) electrons. The molecular weight excluding hydrogens is 258 g/mol. The van der Waals surface area contributed by atoms with Gasteiger partial charge in [-0.1, -0.05) is 41.5 Å². The average molecular weight is 283 g/mol. The Balaban J connectivity index is 2.08. The molecule has 0 aliphatic heterocycles. The molecular formula is C19H25NO. The second kappa shape index (κ2) is 7.28. The first kappa shape index (κ1) is 15.6. The molecule has 112 valence electrons. The van der Waals surface area contributed by atoms with E-state index in [1.54, 1.807) is 7.11 Å². The summed E-state index contributed by atoms with van der Waals surface area (Å²) < 4.78 is 5.29. The van der Waals surface area contributed by atoms with Gasteiger partial charge in [0.2, 0.25) is 0 Å². The van der Waals surface area contributed by atoms with Crippen LogP contribution in [0.2, 0.25) is 0 Å². The van der Waals surface area contributed by atoms with Crippen molar-refractivity contribution in [2.24, 2.45) is 11.7 Å². The van der Waals surface area contributed by atoms with Gasteiger partial charge in [0.15, 0.2) is 0 Å². The molecule has 2 aromatic rings. The standard InChI is InChI=1S/C19H25NO/c1-14-7-15(2)9-17(8-14)11-18(13-20)10-16-5-4-6-19(12-16)21-3/h4-9,12,18H,10-11,13,20H2,1-3H3. The maximum absolute atomic E-state index is 5.98. The Morgan fingerprint density at radius 1 is 0.952 bits per heavy atom. The quantitative estimate of drug-likeness (QED) is 0.878. The molecule has 0 fully saturated rings. The third kappa shape index (κ3) is 4.61. The Morgan fingerprint density at radius 3 is 2.24 bits per heavy atom. The van der Waals surface area contributed by atoms with Crippen molar-refractivity contribution in [1.82, 2.24) is 0 Å². The molecule has 0 spiro atoms. The van der Waals surface area contributed by atoms with Gasteiger partial charge in [-0.25, -0.2) is 0 Å². The van der Waals surface area contributed by atoms with Crippen LogP contribution in [0.4, 0.5) is 0 Å². The van der Waals surface area contributed by atoms with Crippen LogP contribution in [0.5, 0.6) is 5.75 Å². The maximum Gasteiger partial charge on any atom is 0.119 e. The number of hydrogen-bond donors (Lipinski definition) is 1. The molecule has 0 aromatic heterocycles. The van der Waals surface area contributed by atoms with E-state index in [-0.39, 0.29) is 0 Å². The highest BCUT2D eigenvalue weighted by Crippen LogP contribution is 2.19. The second-order valence-electron chi connectivity index (χ2n) is 5.86. The summed E-state index contributed by atoms with van der Waals surface area (Å²) in [6.45, 7) is 5.00. The Bertz CT molecular complexity index is 572. The van der Waals surface area contributed by atoms with E-state index >= 15 is 0 Å². The van der Waals surface area contributed by atoms with Gasteiger partial charge in [-0.05, 0) is 62.4 Å². The van der Waals surface area contributed by atoms with E-state index in [2.05, 4.69) is 44.2 Å². The Kier molecular flexibility index (Phi) is 5.40. The summed E-state index contributed by atoms with van der Waals surface area (Å²) in [4.78, 5) is 0. The highest BCUT2D eigenvalue weighted by atomic mass is 16.5. The summed E-state index contributed by atoms with van der Waals surface area (Å²) >= 11 is 0. The largest absolute Gasteiger partial charge is 0.497 e. The van der Waals surface area contributed by atoms with Crippen molar-refractivity contribution < 1.29 is 4.74 Å². The van der Waals surface area contributed by atoms with E-state index in [9.17, 15) is 0 Å². The molecule has 0 saturated carbocycles. The van der Waals surface area contributed by atoms with Crippen LogP contribution >= 0.6 is 0 Å². The first-order valence-corrected chi connectivity index (χ1v) is 7.51. The summed E-state index contributed by atoms with van der Waals surface area (Å²) in [5, 5.41) is 0. The number of ether oxygens (including phenoxy) is 1. The number of rotatable bonds is 6. The predicted molar refractivity (Wildman–Crippen MR) is 88.9 cm³/mol. The molecule has 0 aliphatic carbocycles. The lowest BCUT2D eigenvalue weighted by Crippen LogP contribution is -2.19. The van der Waals surface area contributed by atoms with Crippen molar-refractivity contribution in [3.63, 3.8) is 0 Å². The van der Waals surface area contributed by atoms with Gasteiger partial charge in [0.1, 0.15) is 5.75 Å². The summed E-state index contributed by atoms with van der Waals surface area (Å²) in [5.74, 6) is 1.37. The fourth-order valence-corrected chi connectivity index (χ4v) is 2.89. The number of benzene rings is 2. The summed E-state index contributed by atoms with van der Waals surface area (Å²) in [6, 6.07) is 15.0. The highest BCUT2D eigenvalue weighted by molar-refractivity contribution is 5.31. The molecule has 1 atom stereocenters. The maximum atomic E-state index is 5.98. The van der Waals surface area contributed by atoms with E-state index in [4.69, 9.17) is 10.5 Å². The zero-order chi connectivity index (χ0) is 15.2. The van der Waals surface area contributed by atoms with Gasteiger partial charge in [-0.3, -0.25) is 0 Å². The third-order valence-electron chi connectivity index (χ3n) is 3.80. The van der Waals surface area contributed by atoms with Crippen LogP contribution in [0.15, 0.2) is 42.5 Å². The average Bonchev–Trinajstić information content (AvgIpc) is 2.45. The fourth-order valence-electron chi connectivity index (χ4n) is 2.89. The van der Waals surface area contributed by atoms with Gasteiger partial charge in [-0.15, -0.1) is 0 Å². The van der Waals surface area contributed by atoms with Gasteiger partial charge < -0.3 is 10.5 Å². The smallest absolute Gasteiger partial charge is 0.119 e. The van der Waals surface area contributed by atoms with Crippen molar-refractivity contribution in [3.8, 4) is 5.75 Å². The Hall–Kier alpha value is -1.80. The Morgan fingerprint density at radius 2 is 1.62 bits per heavy atom. The summed E-state index contributed by atoms with van der Waals surface area (Å²) in [6.07, 6.45) is 2.01. The highest BCUT2D eigenvalue weighted by Gasteiger charge is 2.10. The molecule has 0 heterocycles. The van der Waals surface area contributed by atoms with Crippen molar-refractivity contribution >= 4 is 0 Å². The molecule has 2 N–H and O–H groups in total. The zero-order valence-corrected chi connectivity index (χ0v) is 13.2. The van der Waals surface area contributed by atoms with E-state index in [1.165, 1.54) is 22.3 Å². The van der Waals surface area contributed by atoms with Gasteiger partial charge in [0, 0.05) is 0 Å². The minimum Gasteiger partial charge on any atom is -0.497 e. The normalized spacial score (nSPS) is 12.2. The van der Waals surface area contributed by atoms with E-state index < -0.39 is 0 Å². The molecule has 21 heavy (non-hydrogen) atoms. The van der Waals surface area contributed by atoms with E-state index in [0.29, 0.717) is 12.5 Å². The van der Waals surface area contributed by atoms with E-state index in [0.717, 1.165) is 18.6 Å². The van der Waals surface area contributed by atoms with Crippen molar-refractivity contribution in [3.05, 3.63) is 64.7 Å². The van der Waals surface area contributed by atoms with Crippen LogP contribution < -0.4 is 10.5 Å². The first-order chi connectivity index (χ1) is 10.1. The van der Waals surface area contributed by atoms with Gasteiger partial charge >= 0.3 is 0 Å². The number of methoxy groups -OCH3 is 1. The van der Waals surface area contributed by atoms with Gasteiger partial charge in [0.05, 0.1) is 7.11 Å². The molecule has 0 bridgehead atoms.